The van der Waals surface area contributed by atoms with Gasteiger partial charge in [0, 0.05) is 24.3 Å². The summed E-state index contributed by atoms with van der Waals surface area (Å²) >= 11 is 0. The second-order valence-corrected chi connectivity index (χ2v) is 3.63. The summed E-state index contributed by atoms with van der Waals surface area (Å²) in [6.45, 7) is 0.843. The van der Waals surface area contributed by atoms with Gasteiger partial charge in [-0.25, -0.2) is 0 Å². The lowest BCUT2D eigenvalue weighted by Crippen LogP contribution is -2.28. The van der Waals surface area contributed by atoms with Crippen LogP contribution in [0.4, 0.5) is 0 Å². The third kappa shape index (κ3) is 2.55. The third-order valence-electron chi connectivity index (χ3n) is 2.33. The van der Waals surface area contributed by atoms with Gasteiger partial charge in [0.2, 0.25) is 5.91 Å². The molecule has 0 atom stereocenters. The van der Waals surface area contributed by atoms with Crippen molar-refractivity contribution in [1.82, 2.24) is 10.3 Å². The minimum Gasteiger partial charge on any atom is -0.369 e. The monoisotopic (exact) mass is 215 g/mol. The summed E-state index contributed by atoms with van der Waals surface area (Å²) < 4.78 is 0. The van der Waals surface area contributed by atoms with Crippen LogP contribution in [0.2, 0.25) is 0 Å². The Hall–Kier alpha value is -1.94. The zero-order valence-electron chi connectivity index (χ0n) is 8.81. The van der Waals surface area contributed by atoms with E-state index in [2.05, 4.69) is 16.4 Å². The Morgan fingerprint density at radius 1 is 1.31 bits per heavy atom. The van der Waals surface area contributed by atoms with E-state index < -0.39 is 0 Å². The van der Waals surface area contributed by atoms with Crippen molar-refractivity contribution in [3.05, 3.63) is 42.2 Å². The van der Waals surface area contributed by atoms with Gasteiger partial charge in [-0.15, -0.1) is 0 Å². The first kappa shape index (κ1) is 10.6. The molecule has 0 unspecified atom stereocenters. The molecular weight excluding hydrogens is 202 g/mol. The van der Waals surface area contributed by atoms with Crippen LogP contribution in [0.1, 0.15) is 5.56 Å². The Kier molecular flexibility index (Phi) is 3.12. The topological polar surface area (TPSA) is 68.0 Å². The number of primary amides is 1. The number of carbonyl (C=O) groups is 1. The van der Waals surface area contributed by atoms with Crippen LogP contribution in [0, 0.1) is 0 Å². The molecule has 2 rings (SSSR count). The van der Waals surface area contributed by atoms with Gasteiger partial charge >= 0.3 is 0 Å². The highest BCUT2D eigenvalue weighted by Gasteiger charge is 1.97. The van der Waals surface area contributed by atoms with Gasteiger partial charge < -0.3 is 11.1 Å². The first-order valence-electron chi connectivity index (χ1n) is 5.07. The van der Waals surface area contributed by atoms with E-state index in [9.17, 15) is 4.79 Å². The molecule has 1 heterocycles. The second-order valence-electron chi connectivity index (χ2n) is 3.63. The van der Waals surface area contributed by atoms with Gasteiger partial charge in [0.1, 0.15) is 0 Å². The molecule has 4 nitrogen and oxygen atoms in total. The van der Waals surface area contributed by atoms with Gasteiger partial charge in [-0.2, -0.15) is 0 Å². The highest BCUT2D eigenvalue weighted by Crippen LogP contribution is 2.14. The zero-order chi connectivity index (χ0) is 11.4. The highest BCUT2D eigenvalue weighted by atomic mass is 16.1. The molecule has 1 aromatic carbocycles. The first-order valence-corrected chi connectivity index (χ1v) is 5.07. The number of hydrogen-bond acceptors (Lipinski definition) is 3. The lowest BCUT2D eigenvalue weighted by Gasteiger charge is -2.04. The Balaban J connectivity index is 2.10. The summed E-state index contributed by atoms with van der Waals surface area (Å²) in [6, 6.07) is 8.07. The average Bonchev–Trinajstić information content (AvgIpc) is 2.28. The number of amides is 1. The van der Waals surface area contributed by atoms with Crippen molar-refractivity contribution in [2.45, 2.75) is 6.54 Å². The molecule has 0 aliphatic carbocycles. The predicted molar refractivity (Wildman–Crippen MR) is 62.6 cm³/mol. The maximum absolute atomic E-state index is 10.6. The molecule has 82 valence electrons. The quantitative estimate of drug-likeness (QED) is 0.793. The predicted octanol–water partition coefficient (Wildman–Crippen LogP) is 0.810. The van der Waals surface area contributed by atoms with E-state index in [1.807, 2.05) is 24.4 Å². The maximum atomic E-state index is 10.6. The molecule has 4 heteroatoms. The number of carbonyl (C=O) groups excluding carboxylic acids is 1. The van der Waals surface area contributed by atoms with Crippen LogP contribution in [0.15, 0.2) is 36.7 Å². The van der Waals surface area contributed by atoms with E-state index in [-0.39, 0.29) is 12.5 Å². The molecule has 1 amide bonds. The standard InChI is InChI=1S/C12H13N3O/c13-12(16)8-15-6-9-1-2-11-7-14-4-3-10(11)5-9/h1-5,7,15H,6,8H2,(H2,13,16). The zero-order valence-corrected chi connectivity index (χ0v) is 8.81. The molecule has 2 aromatic rings. The molecule has 0 bridgehead atoms. The molecule has 0 saturated heterocycles. The number of pyridine rings is 1. The van der Waals surface area contributed by atoms with Crippen molar-refractivity contribution in [1.29, 1.82) is 0 Å². The van der Waals surface area contributed by atoms with Gasteiger partial charge in [-0.3, -0.25) is 9.78 Å². The van der Waals surface area contributed by atoms with Gasteiger partial charge in [0.05, 0.1) is 6.54 Å². The Morgan fingerprint density at radius 3 is 3.00 bits per heavy atom. The largest absolute Gasteiger partial charge is 0.369 e. The van der Waals surface area contributed by atoms with E-state index in [0.717, 1.165) is 16.3 Å². The number of rotatable bonds is 4. The summed E-state index contributed by atoms with van der Waals surface area (Å²) in [7, 11) is 0. The van der Waals surface area contributed by atoms with Crippen molar-refractivity contribution in [2.24, 2.45) is 5.73 Å². The molecule has 3 N–H and O–H groups in total. The molecule has 16 heavy (non-hydrogen) atoms. The normalized spacial score (nSPS) is 10.5. The fraction of sp³-hybridized carbons (Fsp3) is 0.167. The minimum atomic E-state index is -0.343. The Labute approximate surface area is 93.5 Å². The van der Waals surface area contributed by atoms with Crippen LogP contribution >= 0.6 is 0 Å². The number of hydrogen-bond donors (Lipinski definition) is 2. The molecule has 0 spiro atoms. The van der Waals surface area contributed by atoms with Crippen LogP contribution in [-0.4, -0.2) is 17.4 Å². The molecule has 0 aliphatic heterocycles. The van der Waals surface area contributed by atoms with Crippen molar-refractivity contribution >= 4 is 16.7 Å². The summed E-state index contributed by atoms with van der Waals surface area (Å²) in [5.41, 5.74) is 6.16. The number of nitrogens with one attached hydrogen (secondary N) is 1. The van der Waals surface area contributed by atoms with Crippen LogP contribution in [0.5, 0.6) is 0 Å². The van der Waals surface area contributed by atoms with Crippen molar-refractivity contribution in [3.63, 3.8) is 0 Å². The van der Waals surface area contributed by atoms with E-state index in [0.29, 0.717) is 6.54 Å². The lowest BCUT2D eigenvalue weighted by molar-refractivity contribution is -0.117. The number of fused-ring (bicyclic) bond motifs is 1. The average molecular weight is 215 g/mol. The van der Waals surface area contributed by atoms with E-state index in [4.69, 9.17) is 5.73 Å². The number of aromatic nitrogens is 1. The van der Waals surface area contributed by atoms with Gasteiger partial charge in [-0.05, 0) is 23.1 Å². The third-order valence-corrected chi connectivity index (χ3v) is 2.33. The van der Waals surface area contributed by atoms with E-state index >= 15 is 0 Å². The summed E-state index contributed by atoms with van der Waals surface area (Å²) in [5.74, 6) is -0.343. The molecule has 0 fully saturated rings. The second kappa shape index (κ2) is 4.72. The van der Waals surface area contributed by atoms with Crippen LogP contribution in [-0.2, 0) is 11.3 Å². The Bertz CT molecular complexity index is 510. The number of nitrogens with two attached hydrogens (primary N) is 1. The van der Waals surface area contributed by atoms with Gasteiger partial charge in [0.25, 0.3) is 0 Å². The Morgan fingerprint density at radius 2 is 2.19 bits per heavy atom. The fourth-order valence-corrected chi connectivity index (χ4v) is 1.57. The maximum Gasteiger partial charge on any atom is 0.231 e. The SMILES string of the molecule is NC(=O)CNCc1ccc2cnccc2c1. The highest BCUT2D eigenvalue weighted by molar-refractivity contribution is 5.82. The van der Waals surface area contributed by atoms with Crippen molar-refractivity contribution < 1.29 is 4.79 Å². The lowest BCUT2D eigenvalue weighted by atomic mass is 10.1. The molecule has 0 radical (unpaired) electrons. The van der Waals surface area contributed by atoms with Crippen LogP contribution in [0.25, 0.3) is 10.8 Å². The number of benzene rings is 1. The minimum absolute atomic E-state index is 0.203. The van der Waals surface area contributed by atoms with Crippen LogP contribution < -0.4 is 11.1 Å². The van der Waals surface area contributed by atoms with Gasteiger partial charge in [0.15, 0.2) is 0 Å². The van der Waals surface area contributed by atoms with E-state index in [1.54, 1.807) is 6.20 Å². The number of nitrogens with zero attached hydrogens (tertiary/aromatic N) is 1. The summed E-state index contributed by atoms with van der Waals surface area (Å²) in [5, 5.41) is 5.23. The fourth-order valence-electron chi connectivity index (χ4n) is 1.57. The summed E-state index contributed by atoms with van der Waals surface area (Å²) in [4.78, 5) is 14.6. The van der Waals surface area contributed by atoms with E-state index in [1.165, 1.54) is 0 Å². The molecule has 1 aromatic heterocycles. The van der Waals surface area contributed by atoms with Crippen LogP contribution in [0.3, 0.4) is 0 Å². The summed E-state index contributed by atoms with van der Waals surface area (Å²) in [6.07, 6.45) is 3.60. The molecule has 0 saturated carbocycles. The molecule has 0 aliphatic rings. The van der Waals surface area contributed by atoms with Crippen molar-refractivity contribution in [3.8, 4) is 0 Å². The van der Waals surface area contributed by atoms with Gasteiger partial charge in [-0.1, -0.05) is 12.1 Å². The first-order chi connectivity index (χ1) is 7.75. The van der Waals surface area contributed by atoms with Crippen molar-refractivity contribution in [2.75, 3.05) is 6.54 Å². The molecular formula is C12H13N3O. The smallest absolute Gasteiger partial charge is 0.231 e.